The van der Waals surface area contributed by atoms with Crippen LogP contribution >= 0.6 is 0 Å². The zero-order valence-electron chi connectivity index (χ0n) is 7.04. The Labute approximate surface area is 72.1 Å². The van der Waals surface area contributed by atoms with Gasteiger partial charge in [-0.1, -0.05) is 30.3 Å². The van der Waals surface area contributed by atoms with Gasteiger partial charge in [-0.25, -0.2) is 0 Å². The second kappa shape index (κ2) is 3.88. The third kappa shape index (κ3) is 1.83. The van der Waals surface area contributed by atoms with Crippen LogP contribution in [0.2, 0.25) is 0 Å². The van der Waals surface area contributed by atoms with E-state index in [1.54, 1.807) is 7.05 Å². The molecule has 3 heteroatoms. The van der Waals surface area contributed by atoms with Crippen LogP contribution in [0.5, 0.6) is 0 Å². The molecule has 0 aliphatic rings. The summed E-state index contributed by atoms with van der Waals surface area (Å²) in [4.78, 5) is 0. The summed E-state index contributed by atoms with van der Waals surface area (Å²) in [7, 11) is 1.79. The molecule has 0 bridgehead atoms. The SMILES string of the molecule is CNC(C(=N)N)c1ccccc1. The Bertz CT molecular complexity index is 256. The van der Waals surface area contributed by atoms with E-state index in [1.807, 2.05) is 30.3 Å². The van der Waals surface area contributed by atoms with Gasteiger partial charge in [0.05, 0.1) is 6.04 Å². The normalized spacial score (nSPS) is 12.4. The fourth-order valence-corrected chi connectivity index (χ4v) is 1.15. The average Bonchev–Trinajstić information content (AvgIpc) is 2.07. The third-order valence-corrected chi connectivity index (χ3v) is 1.73. The number of amidine groups is 1. The van der Waals surface area contributed by atoms with Crippen molar-refractivity contribution < 1.29 is 0 Å². The molecule has 64 valence electrons. The lowest BCUT2D eigenvalue weighted by Gasteiger charge is -2.13. The van der Waals surface area contributed by atoms with Gasteiger partial charge in [-0.15, -0.1) is 0 Å². The minimum Gasteiger partial charge on any atom is -0.386 e. The van der Waals surface area contributed by atoms with Gasteiger partial charge in [0.15, 0.2) is 0 Å². The molecule has 3 nitrogen and oxygen atoms in total. The minimum atomic E-state index is -0.161. The van der Waals surface area contributed by atoms with Crippen molar-refractivity contribution >= 4 is 5.84 Å². The minimum absolute atomic E-state index is 0.142. The van der Waals surface area contributed by atoms with E-state index in [4.69, 9.17) is 11.1 Å². The van der Waals surface area contributed by atoms with Gasteiger partial charge >= 0.3 is 0 Å². The summed E-state index contributed by atoms with van der Waals surface area (Å²) in [6.45, 7) is 0. The lowest BCUT2D eigenvalue weighted by atomic mass is 10.1. The summed E-state index contributed by atoms with van der Waals surface area (Å²) >= 11 is 0. The Hall–Kier alpha value is -1.35. The molecule has 0 heterocycles. The van der Waals surface area contributed by atoms with Crippen LogP contribution in [0, 0.1) is 5.41 Å². The first kappa shape index (κ1) is 8.74. The summed E-state index contributed by atoms with van der Waals surface area (Å²) in [5.74, 6) is 0.142. The third-order valence-electron chi connectivity index (χ3n) is 1.73. The fraction of sp³-hybridized carbons (Fsp3) is 0.222. The molecule has 0 amide bonds. The van der Waals surface area contributed by atoms with Gasteiger partial charge in [0.2, 0.25) is 0 Å². The van der Waals surface area contributed by atoms with Crippen molar-refractivity contribution in [1.29, 1.82) is 5.41 Å². The Kier molecular flexibility index (Phi) is 2.82. The first-order valence-corrected chi connectivity index (χ1v) is 3.82. The molecule has 1 atom stereocenters. The van der Waals surface area contributed by atoms with Crippen LogP contribution < -0.4 is 11.1 Å². The maximum atomic E-state index is 7.30. The number of hydrogen-bond acceptors (Lipinski definition) is 2. The molecule has 4 N–H and O–H groups in total. The van der Waals surface area contributed by atoms with Gasteiger partial charge in [0.25, 0.3) is 0 Å². The second-order valence-corrected chi connectivity index (χ2v) is 2.59. The predicted molar refractivity (Wildman–Crippen MR) is 50.2 cm³/mol. The van der Waals surface area contributed by atoms with Crippen LogP contribution in [0.25, 0.3) is 0 Å². The van der Waals surface area contributed by atoms with Gasteiger partial charge in [-0.2, -0.15) is 0 Å². The van der Waals surface area contributed by atoms with Crippen LogP contribution in [-0.2, 0) is 0 Å². The van der Waals surface area contributed by atoms with Crippen molar-refractivity contribution in [2.24, 2.45) is 5.73 Å². The van der Waals surface area contributed by atoms with E-state index in [-0.39, 0.29) is 11.9 Å². The van der Waals surface area contributed by atoms with Crippen molar-refractivity contribution in [3.05, 3.63) is 35.9 Å². The Morgan fingerprint density at radius 1 is 1.42 bits per heavy atom. The largest absolute Gasteiger partial charge is 0.386 e. The summed E-state index contributed by atoms with van der Waals surface area (Å²) in [5, 5.41) is 10.3. The monoisotopic (exact) mass is 163 g/mol. The van der Waals surface area contributed by atoms with Crippen LogP contribution in [0.3, 0.4) is 0 Å². The van der Waals surface area contributed by atoms with Crippen LogP contribution in [0.4, 0.5) is 0 Å². The fourth-order valence-electron chi connectivity index (χ4n) is 1.15. The average molecular weight is 163 g/mol. The highest BCUT2D eigenvalue weighted by Gasteiger charge is 2.10. The number of rotatable bonds is 3. The summed E-state index contributed by atoms with van der Waals surface area (Å²) in [5.41, 5.74) is 6.42. The summed E-state index contributed by atoms with van der Waals surface area (Å²) < 4.78 is 0. The molecule has 0 saturated carbocycles. The topological polar surface area (TPSA) is 61.9 Å². The highest BCUT2D eigenvalue weighted by molar-refractivity contribution is 5.84. The van der Waals surface area contributed by atoms with E-state index < -0.39 is 0 Å². The lowest BCUT2D eigenvalue weighted by molar-refractivity contribution is 0.740. The van der Waals surface area contributed by atoms with E-state index in [9.17, 15) is 0 Å². The number of nitrogens with one attached hydrogen (secondary N) is 2. The van der Waals surface area contributed by atoms with E-state index >= 15 is 0 Å². The Morgan fingerprint density at radius 2 is 2.00 bits per heavy atom. The van der Waals surface area contributed by atoms with Crippen LogP contribution in [0.15, 0.2) is 30.3 Å². The molecular formula is C9H13N3. The van der Waals surface area contributed by atoms with Gasteiger partial charge in [-0.3, -0.25) is 5.41 Å². The zero-order valence-corrected chi connectivity index (χ0v) is 7.04. The van der Waals surface area contributed by atoms with E-state index in [0.29, 0.717) is 0 Å². The second-order valence-electron chi connectivity index (χ2n) is 2.59. The van der Waals surface area contributed by atoms with Crippen molar-refractivity contribution in [2.45, 2.75) is 6.04 Å². The molecular weight excluding hydrogens is 150 g/mol. The van der Waals surface area contributed by atoms with Crippen LogP contribution in [0.1, 0.15) is 11.6 Å². The quantitative estimate of drug-likeness (QED) is 0.457. The molecule has 1 aromatic rings. The molecule has 1 rings (SSSR count). The smallest absolute Gasteiger partial charge is 0.113 e. The molecule has 1 unspecified atom stereocenters. The molecule has 12 heavy (non-hydrogen) atoms. The van der Waals surface area contributed by atoms with Gasteiger partial charge in [-0.05, 0) is 12.6 Å². The molecule has 0 aliphatic heterocycles. The molecule has 0 saturated heterocycles. The molecule has 0 aliphatic carbocycles. The standard InChI is InChI=1S/C9H13N3/c1-12-8(9(10)11)7-5-3-2-4-6-7/h2-6,8,12H,1H3,(H3,10,11). The number of likely N-dealkylation sites (N-methyl/N-ethyl adjacent to an activating group) is 1. The maximum Gasteiger partial charge on any atom is 0.113 e. The molecule has 1 aromatic carbocycles. The van der Waals surface area contributed by atoms with Gasteiger partial charge < -0.3 is 11.1 Å². The Morgan fingerprint density at radius 3 is 2.42 bits per heavy atom. The van der Waals surface area contributed by atoms with Crippen molar-refractivity contribution in [2.75, 3.05) is 7.05 Å². The van der Waals surface area contributed by atoms with E-state index in [0.717, 1.165) is 5.56 Å². The zero-order chi connectivity index (χ0) is 8.97. The van der Waals surface area contributed by atoms with Crippen molar-refractivity contribution in [1.82, 2.24) is 5.32 Å². The Balaban J connectivity index is 2.88. The predicted octanol–water partition coefficient (Wildman–Crippen LogP) is 0.883. The molecule has 0 fully saturated rings. The molecule has 0 radical (unpaired) electrons. The number of benzene rings is 1. The highest BCUT2D eigenvalue weighted by atomic mass is 14.9. The highest BCUT2D eigenvalue weighted by Crippen LogP contribution is 2.10. The van der Waals surface area contributed by atoms with Crippen LogP contribution in [-0.4, -0.2) is 12.9 Å². The maximum absolute atomic E-state index is 7.30. The first-order chi connectivity index (χ1) is 5.75. The lowest BCUT2D eigenvalue weighted by Crippen LogP contribution is -2.30. The molecule has 0 aromatic heterocycles. The summed E-state index contributed by atoms with van der Waals surface area (Å²) in [6.07, 6.45) is 0. The van der Waals surface area contributed by atoms with Crippen molar-refractivity contribution in [3.8, 4) is 0 Å². The number of nitrogens with two attached hydrogens (primary N) is 1. The van der Waals surface area contributed by atoms with Gasteiger partial charge in [0.1, 0.15) is 5.84 Å². The summed E-state index contributed by atoms with van der Waals surface area (Å²) in [6, 6.07) is 9.54. The van der Waals surface area contributed by atoms with Crippen molar-refractivity contribution in [3.63, 3.8) is 0 Å². The number of hydrogen-bond donors (Lipinski definition) is 3. The van der Waals surface area contributed by atoms with Gasteiger partial charge in [0, 0.05) is 0 Å². The van der Waals surface area contributed by atoms with E-state index in [1.165, 1.54) is 0 Å². The first-order valence-electron chi connectivity index (χ1n) is 3.82. The van der Waals surface area contributed by atoms with E-state index in [2.05, 4.69) is 5.32 Å². The molecule has 0 spiro atoms.